The van der Waals surface area contributed by atoms with E-state index in [2.05, 4.69) is 32.1 Å². The maximum absolute atomic E-state index is 14.6. The number of aromatic nitrogens is 3. The molecular weight excluding hydrogens is 569 g/mol. The third-order valence-electron chi connectivity index (χ3n) is 8.32. The molecule has 10 nitrogen and oxygen atoms in total. The van der Waals surface area contributed by atoms with Crippen molar-refractivity contribution in [3.63, 3.8) is 0 Å². The van der Waals surface area contributed by atoms with Crippen molar-refractivity contribution in [2.45, 2.75) is 43.5 Å². The number of rotatable bonds is 6. The topological polar surface area (TPSA) is 120 Å². The van der Waals surface area contributed by atoms with Gasteiger partial charge in [-0.05, 0) is 44.0 Å². The first-order valence-corrected chi connectivity index (χ1v) is 15.1. The second-order valence-electron chi connectivity index (χ2n) is 11.0. The van der Waals surface area contributed by atoms with Gasteiger partial charge < -0.3 is 30.7 Å². The van der Waals surface area contributed by atoms with Gasteiger partial charge in [0.2, 0.25) is 0 Å². The van der Waals surface area contributed by atoms with Gasteiger partial charge in [0.25, 0.3) is 0 Å². The van der Waals surface area contributed by atoms with E-state index in [0.29, 0.717) is 51.7 Å². The predicted octanol–water partition coefficient (Wildman–Crippen LogP) is 1.43. The Labute approximate surface area is 244 Å². The van der Waals surface area contributed by atoms with Crippen LogP contribution in [-0.4, -0.2) is 72.1 Å². The molecule has 4 atom stereocenters. The first-order valence-electron chi connectivity index (χ1n) is 13.9. The number of benzene rings is 1. The highest BCUT2D eigenvalue weighted by Crippen LogP contribution is 2.42. The molecule has 0 radical (unpaired) electrons. The van der Waals surface area contributed by atoms with Gasteiger partial charge in [0.15, 0.2) is 10.9 Å². The van der Waals surface area contributed by atoms with Crippen molar-refractivity contribution in [1.82, 2.24) is 25.2 Å². The average Bonchev–Trinajstić information content (AvgIpc) is 3.70. The van der Waals surface area contributed by atoms with E-state index in [1.807, 2.05) is 6.07 Å². The molecular formula is C28H31ClFN7O3S. The molecule has 4 unspecified atom stereocenters. The van der Waals surface area contributed by atoms with Crippen molar-refractivity contribution in [2.75, 3.05) is 50.0 Å². The summed E-state index contributed by atoms with van der Waals surface area (Å²) in [5, 5.41) is 8.57. The summed E-state index contributed by atoms with van der Waals surface area (Å²) in [6, 6.07) is 2.16. The van der Waals surface area contributed by atoms with E-state index in [1.165, 1.54) is 0 Å². The molecule has 3 aromatic rings. The van der Waals surface area contributed by atoms with E-state index in [0.717, 1.165) is 68.2 Å². The number of nitrogens with one attached hydrogen (secondary N) is 2. The average molecular weight is 600 g/mol. The van der Waals surface area contributed by atoms with Gasteiger partial charge in [-0.25, -0.2) is 14.2 Å². The number of allylic oxidation sites excluding steroid dienone is 1. The number of anilines is 2. The van der Waals surface area contributed by atoms with E-state index in [9.17, 15) is 9.18 Å². The van der Waals surface area contributed by atoms with Crippen molar-refractivity contribution in [2.24, 2.45) is 0 Å². The molecule has 2 aromatic heterocycles. The van der Waals surface area contributed by atoms with E-state index >= 15 is 0 Å². The van der Waals surface area contributed by atoms with Crippen molar-refractivity contribution in [3.05, 3.63) is 49.7 Å². The van der Waals surface area contributed by atoms with Gasteiger partial charge in [0.05, 0.1) is 39.2 Å². The molecule has 0 aliphatic carbocycles. The van der Waals surface area contributed by atoms with Crippen LogP contribution in [0.4, 0.5) is 15.3 Å². The minimum Gasteiger partial charge on any atom is -0.488 e. The summed E-state index contributed by atoms with van der Waals surface area (Å²) < 4.78 is 29.1. The molecule has 41 heavy (non-hydrogen) atoms. The zero-order chi connectivity index (χ0) is 28.2. The number of piperazine rings is 1. The van der Waals surface area contributed by atoms with Crippen LogP contribution in [-0.2, 0) is 4.74 Å². The lowest BCUT2D eigenvalue weighted by molar-refractivity contribution is 0.0293. The predicted molar refractivity (Wildman–Crippen MR) is 159 cm³/mol. The smallest absolute Gasteiger partial charge is 0.350 e. The van der Waals surface area contributed by atoms with Crippen molar-refractivity contribution >= 4 is 56.7 Å². The molecule has 6 heterocycles. The van der Waals surface area contributed by atoms with Crippen molar-refractivity contribution < 1.29 is 13.9 Å². The largest absolute Gasteiger partial charge is 0.488 e. The van der Waals surface area contributed by atoms with E-state index in [4.69, 9.17) is 26.8 Å². The summed E-state index contributed by atoms with van der Waals surface area (Å²) in [7, 11) is 0. The summed E-state index contributed by atoms with van der Waals surface area (Å²) in [6.45, 7) is 7.24. The molecule has 2 bridgehead atoms. The minimum atomic E-state index is -0.535. The fraction of sp³-hybridized carbons (Fsp3) is 0.464. The summed E-state index contributed by atoms with van der Waals surface area (Å²) >= 11 is 7.95. The van der Waals surface area contributed by atoms with Crippen molar-refractivity contribution in [3.8, 4) is 5.75 Å². The van der Waals surface area contributed by atoms with Gasteiger partial charge in [-0.1, -0.05) is 29.5 Å². The van der Waals surface area contributed by atoms with Crippen LogP contribution in [0.5, 0.6) is 5.75 Å². The van der Waals surface area contributed by atoms with Crippen LogP contribution in [0.25, 0.3) is 22.8 Å². The molecule has 4 aliphatic heterocycles. The maximum Gasteiger partial charge on any atom is 0.350 e. The SMILES string of the molecule is C=C/C(F)=c1/sc(N)n/c1=C\c1c(Cl)cc2c(N3CC4CCC(C3)N4)nc(=O)n3c2c1OCC3COC1CCNC1. The number of nitrogens with zero attached hydrogens (tertiary/aromatic N) is 4. The van der Waals surface area contributed by atoms with Gasteiger partial charge in [-0.15, -0.1) is 0 Å². The second-order valence-corrected chi connectivity index (χ2v) is 12.4. The molecule has 0 spiro atoms. The van der Waals surface area contributed by atoms with Crippen LogP contribution < -0.4 is 41.6 Å². The van der Waals surface area contributed by atoms with Crippen LogP contribution in [0, 0.1) is 0 Å². The molecule has 0 saturated carbocycles. The normalized spacial score (nSPS) is 26.5. The van der Waals surface area contributed by atoms with Gasteiger partial charge in [-0.2, -0.15) is 4.98 Å². The van der Waals surface area contributed by atoms with E-state index in [1.54, 1.807) is 10.6 Å². The molecule has 13 heteroatoms. The Morgan fingerprint density at radius 1 is 1.32 bits per heavy atom. The highest BCUT2D eigenvalue weighted by molar-refractivity contribution is 7.13. The van der Waals surface area contributed by atoms with Gasteiger partial charge >= 0.3 is 5.69 Å². The highest BCUT2D eigenvalue weighted by Gasteiger charge is 2.36. The lowest BCUT2D eigenvalue weighted by Crippen LogP contribution is -2.52. The van der Waals surface area contributed by atoms with Crippen LogP contribution >= 0.6 is 22.9 Å². The number of fused-ring (bicyclic) bond motifs is 2. The molecule has 0 amide bonds. The molecule has 4 N–H and O–H groups in total. The second kappa shape index (κ2) is 10.7. The van der Waals surface area contributed by atoms with Gasteiger partial charge in [-0.3, -0.25) is 4.57 Å². The summed E-state index contributed by atoms with van der Waals surface area (Å²) in [6.07, 6.45) is 5.97. The number of hydrogen-bond acceptors (Lipinski definition) is 10. The number of hydrogen-bond donors (Lipinski definition) is 3. The van der Waals surface area contributed by atoms with Gasteiger partial charge in [0, 0.05) is 42.7 Å². The maximum atomic E-state index is 14.6. The highest BCUT2D eigenvalue weighted by atomic mass is 35.5. The number of thiazole rings is 1. The molecule has 7 rings (SSSR count). The standard InChI is InChI=1S/C28H31ClFN7O3S/c1-2-21(30)25-22(34-27(31)41-25)8-18-20(29)7-19-23-24(18)40-13-16(12-39-17-5-6-32-9-17)37(23)28(38)35-26(19)36-10-14-3-4-15(11-36)33-14/h2,7-8,14-17,32-33H,1,3-6,9-13H2,(H2,31,34)/b22-8-,25-21-. The number of ether oxygens (including phenoxy) is 2. The summed E-state index contributed by atoms with van der Waals surface area (Å²) in [4.78, 5) is 24.9. The van der Waals surface area contributed by atoms with Crippen LogP contribution in [0.1, 0.15) is 30.9 Å². The zero-order valence-electron chi connectivity index (χ0n) is 22.4. The van der Waals surface area contributed by atoms with Crippen LogP contribution in [0.2, 0.25) is 5.02 Å². The molecule has 1 aromatic carbocycles. The molecule has 3 fully saturated rings. The zero-order valence-corrected chi connectivity index (χ0v) is 23.9. The molecule has 4 aliphatic rings. The third-order valence-corrected chi connectivity index (χ3v) is 9.54. The Morgan fingerprint density at radius 3 is 2.85 bits per heavy atom. The minimum absolute atomic E-state index is 0.0878. The first kappa shape index (κ1) is 26.8. The Hall–Kier alpha value is -3.03. The van der Waals surface area contributed by atoms with Gasteiger partial charge in [0.1, 0.15) is 18.3 Å². The quantitative estimate of drug-likeness (QED) is 0.387. The van der Waals surface area contributed by atoms with Crippen molar-refractivity contribution in [1.29, 1.82) is 0 Å². The lowest BCUT2D eigenvalue weighted by atomic mass is 10.1. The fourth-order valence-electron chi connectivity index (χ4n) is 6.41. The monoisotopic (exact) mass is 599 g/mol. The van der Waals surface area contributed by atoms with Crippen LogP contribution in [0.3, 0.4) is 0 Å². The number of nitrogens with two attached hydrogens (primary N) is 1. The Balaban J connectivity index is 1.43. The third kappa shape index (κ3) is 4.81. The lowest BCUT2D eigenvalue weighted by Gasteiger charge is -2.36. The molecule has 216 valence electrons. The van der Waals surface area contributed by atoms with E-state index < -0.39 is 5.83 Å². The first-order chi connectivity index (χ1) is 19.9. The Bertz CT molecular complexity index is 1710. The summed E-state index contributed by atoms with van der Waals surface area (Å²) in [5.74, 6) is 0.498. The number of halogens is 2. The number of nitrogen functional groups attached to an aromatic ring is 1. The molecule has 3 saturated heterocycles. The Morgan fingerprint density at radius 2 is 2.12 bits per heavy atom. The Kier molecular flexibility index (Phi) is 6.98. The summed E-state index contributed by atoms with van der Waals surface area (Å²) in [5.41, 5.74) is 6.67. The van der Waals surface area contributed by atoms with E-state index in [-0.39, 0.29) is 34.1 Å². The fourth-order valence-corrected chi connectivity index (χ4v) is 7.41. The van der Waals surface area contributed by atoms with Crippen LogP contribution in [0.15, 0.2) is 23.5 Å².